The van der Waals surface area contributed by atoms with Crippen molar-refractivity contribution in [3.63, 3.8) is 0 Å². The zero-order valence-corrected chi connectivity index (χ0v) is 11.6. The molecule has 0 aromatic heterocycles. The van der Waals surface area contributed by atoms with Crippen LogP contribution in [0.3, 0.4) is 0 Å². The van der Waals surface area contributed by atoms with Crippen LogP contribution < -0.4 is 5.32 Å². The third-order valence-corrected chi connectivity index (χ3v) is 3.92. The van der Waals surface area contributed by atoms with Gasteiger partial charge in [0.2, 0.25) is 5.91 Å². The topological polar surface area (TPSA) is 29.1 Å². The molecule has 1 aromatic carbocycles. The molecule has 1 atom stereocenters. The summed E-state index contributed by atoms with van der Waals surface area (Å²) in [6, 6.07) is 2.47. The van der Waals surface area contributed by atoms with Gasteiger partial charge in [0.1, 0.15) is 5.82 Å². The molecule has 0 radical (unpaired) electrons. The lowest BCUT2D eigenvalue weighted by Crippen LogP contribution is -2.22. The third-order valence-electron chi connectivity index (χ3n) is 3.00. The van der Waals surface area contributed by atoms with Crippen LogP contribution in [-0.2, 0) is 4.79 Å². The van der Waals surface area contributed by atoms with Crippen LogP contribution in [0.5, 0.6) is 0 Å². The van der Waals surface area contributed by atoms with Gasteiger partial charge in [-0.15, -0.1) is 0 Å². The Morgan fingerprint density at radius 2 is 2.24 bits per heavy atom. The molecule has 5 heteroatoms. The SMILES string of the molecule is CC(C(=O)Nc1c(Cl)cc(F)cc1Br)C1CC1. The molecule has 1 aliphatic carbocycles. The number of halogens is 3. The molecule has 1 fully saturated rings. The van der Waals surface area contributed by atoms with Crippen molar-refractivity contribution >= 4 is 39.1 Å². The monoisotopic (exact) mass is 319 g/mol. The fourth-order valence-corrected chi connectivity index (χ4v) is 2.61. The van der Waals surface area contributed by atoms with Gasteiger partial charge in [-0.1, -0.05) is 18.5 Å². The Labute approximate surface area is 113 Å². The van der Waals surface area contributed by atoms with E-state index in [9.17, 15) is 9.18 Å². The van der Waals surface area contributed by atoms with Crippen molar-refractivity contribution in [2.45, 2.75) is 19.8 Å². The maximum atomic E-state index is 13.0. The van der Waals surface area contributed by atoms with Crippen molar-refractivity contribution in [2.24, 2.45) is 11.8 Å². The predicted octanol–water partition coefficient (Wildman–Crippen LogP) is 4.23. The number of amides is 1. The van der Waals surface area contributed by atoms with Crippen LogP contribution in [0.2, 0.25) is 5.02 Å². The van der Waals surface area contributed by atoms with Gasteiger partial charge in [0.25, 0.3) is 0 Å². The molecule has 1 aromatic rings. The lowest BCUT2D eigenvalue weighted by Gasteiger charge is -2.13. The van der Waals surface area contributed by atoms with Crippen LogP contribution in [0.25, 0.3) is 0 Å². The Kier molecular flexibility index (Phi) is 3.73. The zero-order chi connectivity index (χ0) is 12.6. The van der Waals surface area contributed by atoms with Gasteiger partial charge >= 0.3 is 0 Å². The Morgan fingerprint density at radius 3 is 2.76 bits per heavy atom. The first-order valence-corrected chi connectivity index (χ1v) is 6.61. The van der Waals surface area contributed by atoms with Crippen LogP contribution in [0.4, 0.5) is 10.1 Å². The maximum absolute atomic E-state index is 13.0. The predicted molar refractivity (Wildman–Crippen MR) is 69.6 cm³/mol. The van der Waals surface area contributed by atoms with E-state index in [4.69, 9.17) is 11.6 Å². The first kappa shape index (κ1) is 12.8. The Balaban J connectivity index is 2.15. The van der Waals surface area contributed by atoms with Gasteiger partial charge < -0.3 is 5.32 Å². The van der Waals surface area contributed by atoms with Gasteiger partial charge in [-0.2, -0.15) is 0 Å². The van der Waals surface area contributed by atoms with E-state index in [2.05, 4.69) is 21.2 Å². The average Bonchev–Trinajstić information content (AvgIpc) is 3.05. The highest BCUT2D eigenvalue weighted by molar-refractivity contribution is 9.10. The van der Waals surface area contributed by atoms with E-state index in [-0.39, 0.29) is 16.8 Å². The number of hydrogen-bond acceptors (Lipinski definition) is 1. The standard InChI is InChI=1S/C12H12BrClFNO/c1-6(7-2-3-7)12(17)16-11-9(13)4-8(15)5-10(11)14/h4-7H,2-3H2,1H3,(H,16,17). The molecular weight excluding hydrogens is 308 g/mol. The first-order chi connectivity index (χ1) is 7.99. The van der Waals surface area contributed by atoms with E-state index in [0.717, 1.165) is 12.8 Å². The van der Waals surface area contributed by atoms with E-state index >= 15 is 0 Å². The molecule has 2 rings (SSSR count). The second-order valence-electron chi connectivity index (χ2n) is 4.36. The quantitative estimate of drug-likeness (QED) is 0.887. The normalized spacial score (nSPS) is 16.7. The van der Waals surface area contributed by atoms with Gasteiger partial charge in [-0.05, 0) is 46.8 Å². The van der Waals surface area contributed by atoms with Gasteiger partial charge in [0.05, 0.1) is 10.7 Å². The summed E-state index contributed by atoms with van der Waals surface area (Å²) < 4.78 is 13.5. The van der Waals surface area contributed by atoms with Gasteiger partial charge in [0.15, 0.2) is 0 Å². The molecule has 0 heterocycles. The molecule has 0 saturated heterocycles. The summed E-state index contributed by atoms with van der Waals surface area (Å²) in [4.78, 5) is 11.9. The van der Waals surface area contributed by atoms with E-state index in [1.165, 1.54) is 12.1 Å². The van der Waals surface area contributed by atoms with Crippen molar-refractivity contribution < 1.29 is 9.18 Å². The maximum Gasteiger partial charge on any atom is 0.227 e. The highest BCUT2D eigenvalue weighted by Crippen LogP contribution is 2.38. The second kappa shape index (κ2) is 4.94. The summed E-state index contributed by atoms with van der Waals surface area (Å²) in [5.74, 6) is -0.0483. The van der Waals surface area contributed by atoms with Gasteiger partial charge in [0, 0.05) is 10.4 Å². The van der Waals surface area contributed by atoms with E-state index < -0.39 is 5.82 Å². The summed E-state index contributed by atoms with van der Waals surface area (Å²) in [7, 11) is 0. The fourth-order valence-electron chi connectivity index (χ4n) is 1.71. The largest absolute Gasteiger partial charge is 0.324 e. The first-order valence-electron chi connectivity index (χ1n) is 5.44. The molecule has 92 valence electrons. The average molecular weight is 321 g/mol. The van der Waals surface area contributed by atoms with E-state index in [1.807, 2.05) is 6.92 Å². The molecule has 0 bridgehead atoms. The summed E-state index contributed by atoms with van der Waals surface area (Å²) in [6.45, 7) is 1.90. The molecule has 1 saturated carbocycles. The number of hydrogen-bond donors (Lipinski definition) is 1. The zero-order valence-electron chi connectivity index (χ0n) is 9.27. The van der Waals surface area contributed by atoms with Gasteiger partial charge in [-0.3, -0.25) is 4.79 Å². The van der Waals surface area contributed by atoms with E-state index in [1.54, 1.807) is 0 Å². The number of nitrogens with one attached hydrogen (secondary N) is 1. The molecule has 2 nitrogen and oxygen atoms in total. The van der Waals surface area contributed by atoms with Crippen LogP contribution >= 0.6 is 27.5 Å². The number of rotatable bonds is 3. The Hall–Kier alpha value is -0.610. The van der Waals surface area contributed by atoms with Crippen LogP contribution in [0, 0.1) is 17.7 Å². The van der Waals surface area contributed by atoms with Crippen molar-refractivity contribution in [1.82, 2.24) is 0 Å². The summed E-state index contributed by atoms with van der Waals surface area (Å²) >= 11 is 9.08. The lowest BCUT2D eigenvalue weighted by molar-refractivity contribution is -0.119. The lowest BCUT2D eigenvalue weighted by atomic mass is 10.1. The van der Waals surface area contributed by atoms with Gasteiger partial charge in [-0.25, -0.2) is 4.39 Å². The number of anilines is 1. The minimum Gasteiger partial charge on any atom is -0.324 e. The second-order valence-corrected chi connectivity index (χ2v) is 5.62. The van der Waals surface area contributed by atoms with Crippen molar-refractivity contribution in [2.75, 3.05) is 5.32 Å². The number of benzene rings is 1. The molecule has 17 heavy (non-hydrogen) atoms. The number of carbonyl (C=O) groups excluding carboxylic acids is 1. The van der Waals surface area contributed by atoms with Crippen molar-refractivity contribution in [3.05, 3.63) is 27.4 Å². The summed E-state index contributed by atoms with van der Waals surface area (Å²) in [6.07, 6.45) is 2.21. The minimum atomic E-state index is -0.435. The summed E-state index contributed by atoms with van der Waals surface area (Å²) in [5, 5.41) is 2.94. The number of carbonyl (C=O) groups is 1. The van der Waals surface area contributed by atoms with Crippen molar-refractivity contribution in [1.29, 1.82) is 0 Å². The smallest absolute Gasteiger partial charge is 0.227 e. The highest BCUT2D eigenvalue weighted by Gasteiger charge is 2.32. The third kappa shape index (κ3) is 2.99. The summed E-state index contributed by atoms with van der Waals surface area (Å²) in [5.41, 5.74) is 0.436. The molecule has 1 N–H and O–H groups in total. The van der Waals surface area contributed by atoms with Crippen molar-refractivity contribution in [3.8, 4) is 0 Å². The molecule has 1 amide bonds. The Morgan fingerprint density at radius 1 is 1.59 bits per heavy atom. The highest BCUT2D eigenvalue weighted by atomic mass is 79.9. The van der Waals surface area contributed by atoms with Crippen LogP contribution in [0.15, 0.2) is 16.6 Å². The van der Waals surface area contributed by atoms with Crippen LogP contribution in [0.1, 0.15) is 19.8 Å². The molecule has 1 aliphatic rings. The molecule has 0 aliphatic heterocycles. The van der Waals surface area contributed by atoms with Crippen LogP contribution in [-0.4, -0.2) is 5.91 Å². The molecule has 1 unspecified atom stereocenters. The Bertz CT molecular complexity index is 439. The molecule has 0 spiro atoms. The fraction of sp³-hybridized carbons (Fsp3) is 0.417. The minimum absolute atomic E-state index is 0.0250. The van der Waals surface area contributed by atoms with E-state index in [0.29, 0.717) is 16.1 Å². The molecular formula is C12H12BrClFNO.